The van der Waals surface area contributed by atoms with E-state index in [1.165, 1.54) is 7.11 Å². The Morgan fingerprint density at radius 3 is 2.62 bits per heavy atom. The minimum atomic E-state index is -0.992. The lowest BCUT2D eigenvalue weighted by atomic mass is 10.0. The Bertz CT molecular complexity index is 371. The van der Waals surface area contributed by atoms with Crippen LogP contribution in [0.3, 0.4) is 0 Å². The van der Waals surface area contributed by atoms with Crippen molar-refractivity contribution >= 4 is 5.97 Å². The summed E-state index contributed by atoms with van der Waals surface area (Å²) in [6.45, 7) is 4.06. The normalized spacial score (nSPS) is 10.5. The minimum absolute atomic E-state index is 0.0430. The first-order chi connectivity index (χ1) is 7.56. The molecule has 0 radical (unpaired) electrons. The van der Waals surface area contributed by atoms with Gasteiger partial charge in [0.05, 0.1) is 0 Å². The molecule has 1 aromatic rings. The van der Waals surface area contributed by atoms with Crippen LogP contribution in [0.5, 0.6) is 5.75 Å². The Hall–Kier alpha value is -1.55. The van der Waals surface area contributed by atoms with Gasteiger partial charge in [-0.15, -0.1) is 0 Å². The molecule has 0 aliphatic carbocycles. The first-order valence-electron chi connectivity index (χ1n) is 5.05. The number of aromatic carboxylic acids is 1. The maximum absolute atomic E-state index is 11.0. The van der Waals surface area contributed by atoms with Crippen LogP contribution in [0, 0.1) is 0 Å². The maximum Gasteiger partial charge on any atom is 0.339 e. The van der Waals surface area contributed by atoms with Crippen molar-refractivity contribution in [3.8, 4) is 5.75 Å². The van der Waals surface area contributed by atoms with Crippen molar-refractivity contribution in [3.63, 3.8) is 0 Å². The molecule has 0 aromatic heterocycles. The number of benzene rings is 1. The van der Waals surface area contributed by atoms with E-state index in [2.05, 4.69) is 0 Å². The van der Waals surface area contributed by atoms with E-state index in [0.717, 1.165) is 5.56 Å². The first kappa shape index (κ1) is 12.5. The highest BCUT2D eigenvalue weighted by molar-refractivity contribution is 5.91. The lowest BCUT2D eigenvalue weighted by Gasteiger charge is -2.11. The van der Waals surface area contributed by atoms with Gasteiger partial charge in [-0.3, -0.25) is 0 Å². The predicted octanol–water partition coefficient (Wildman–Crippen LogP) is 2.49. The van der Waals surface area contributed by atoms with Crippen molar-refractivity contribution in [3.05, 3.63) is 29.3 Å². The van der Waals surface area contributed by atoms with Crippen LogP contribution < -0.4 is 4.74 Å². The Morgan fingerprint density at radius 1 is 1.44 bits per heavy atom. The summed E-state index contributed by atoms with van der Waals surface area (Å²) in [6, 6.07) is 5.16. The number of rotatable bonds is 5. The van der Waals surface area contributed by atoms with E-state index < -0.39 is 5.97 Å². The van der Waals surface area contributed by atoms with Gasteiger partial charge in [-0.25, -0.2) is 4.79 Å². The van der Waals surface area contributed by atoms with E-state index in [1.54, 1.807) is 12.1 Å². The van der Waals surface area contributed by atoms with E-state index in [9.17, 15) is 4.79 Å². The van der Waals surface area contributed by atoms with Gasteiger partial charge >= 0.3 is 5.97 Å². The van der Waals surface area contributed by atoms with Crippen molar-refractivity contribution in [2.45, 2.75) is 19.8 Å². The highest BCUT2D eigenvalue weighted by atomic mass is 16.7. The highest BCUT2D eigenvalue weighted by Gasteiger charge is 2.13. The van der Waals surface area contributed by atoms with E-state index in [0.29, 0.717) is 5.75 Å². The molecule has 0 bridgehead atoms. The molecule has 0 fully saturated rings. The van der Waals surface area contributed by atoms with Gasteiger partial charge in [-0.05, 0) is 23.6 Å². The maximum atomic E-state index is 11.0. The van der Waals surface area contributed by atoms with Crippen LogP contribution in [0.15, 0.2) is 18.2 Å². The number of hydrogen-bond donors (Lipinski definition) is 1. The van der Waals surface area contributed by atoms with Gasteiger partial charge in [0, 0.05) is 7.11 Å². The molecule has 0 saturated heterocycles. The second-order valence-corrected chi connectivity index (χ2v) is 3.77. The van der Waals surface area contributed by atoms with E-state index in [4.69, 9.17) is 14.6 Å². The average Bonchev–Trinajstić information content (AvgIpc) is 2.25. The smallest absolute Gasteiger partial charge is 0.339 e. The van der Waals surface area contributed by atoms with Crippen molar-refractivity contribution < 1.29 is 19.4 Å². The fourth-order valence-electron chi connectivity index (χ4n) is 1.32. The SMILES string of the molecule is COCOc1ccc(C(C)C)cc1C(=O)O. The summed E-state index contributed by atoms with van der Waals surface area (Å²) in [5.41, 5.74) is 1.14. The molecular weight excluding hydrogens is 208 g/mol. The van der Waals surface area contributed by atoms with Crippen molar-refractivity contribution in [2.24, 2.45) is 0 Å². The van der Waals surface area contributed by atoms with Crippen LogP contribution in [0.4, 0.5) is 0 Å². The molecule has 1 rings (SSSR count). The second kappa shape index (κ2) is 5.51. The summed E-state index contributed by atoms with van der Waals surface area (Å²) in [7, 11) is 1.49. The molecule has 0 amide bonds. The largest absolute Gasteiger partial charge is 0.478 e. The van der Waals surface area contributed by atoms with Crippen LogP contribution in [0.25, 0.3) is 0 Å². The van der Waals surface area contributed by atoms with Gasteiger partial charge in [0.2, 0.25) is 0 Å². The Morgan fingerprint density at radius 2 is 2.12 bits per heavy atom. The number of methoxy groups -OCH3 is 1. The lowest BCUT2D eigenvalue weighted by Crippen LogP contribution is -2.06. The van der Waals surface area contributed by atoms with Gasteiger partial charge in [0.1, 0.15) is 11.3 Å². The third-order valence-electron chi connectivity index (χ3n) is 2.23. The molecule has 88 valence electrons. The fraction of sp³-hybridized carbons (Fsp3) is 0.417. The summed E-state index contributed by atoms with van der Waals surface area (Å²) in [5.74, 6) is -0.373. The number of carbonyl (C=O) groups is 1. The zero-order valence-electron chi connectivity index (χ0n) is 9.69. The van der Waals surface area contributed by atoms with E-state index in [-0.39, 0.29) is 18.3 Å². The summed E-state index contributed by atoms with van der Waals surface area (Å²) in [5, 5.41) is 9.05. The summed E-state index contributed by atoms with van der Waals surface area (Å²) in [4.78, 5) is 11.0. The quantitative estimate of drug-likeness (QED) is 0.781. The van der Waals surface area contributed by atoms with Gasteiger partial charge < -0.3 is 14.6 Å². The topological polar surface area (TPSA) is 55.8 Å². The van der Waals surface area contributed by atoms with Gasteiger partial charge in [0.25, 0.3) is 0 Å². The van der Waals surface area contributed by atoms with Crippen LogP contribution in [0.2, 0.25) is 0 Å². The van der Waals surface area contributed by atoms with E-state index >= 15 is 0 Å². The van der Waals surface area contributed by atoms with Gasteiger partial charge in [-0.2, -0.15) is 0 Å². The molecule has 16 heavy (non-hydrogen) atoms. The van der Waals surface area contributed by atoms with Gasteiger partial charge in [-0.1, -0.05) is 19.9 Å². The molecule has 1 aromatic carbocycles. The summed E-state index contributed by atoms with van der Waals surface area (Å²) in [6.07, 6.45) is 0. The zero-order valence-corrected chi connectivity index (χ0v) is 9.69. The number of carboxylic acid groups (broad SMARTS) is 1. The monoisotopic (exact) mass is 224 g/mol. The number of carboxylic acids is 1. The molecule has 0 aliphatic rings. The highest BCUT2D eigenvalue weighted by Crippen LogP contribution is 2.24. The predicted molar refractivity (Wildman–Crippen MR) is 60.0 cm³/mol. The Balaban J connectivity index is 3.04. The average molecular weight is 224 g/mol. The molecule has 4 heteroatoms. The third kappa shape index (κ3) is 2.97. The molecule has 0 atom stereocenters. The molecular formula is C12H16O4. The minimum Gasteiger partial charge on any atom is -0.478 e. The molecule has 0 unspecified atom stereocenters. The first-order valence-corrected chi connectivity index (χ1v) is 5.05. The molecule has 4 nitrogen and oxygen atoms in total. The van der Waals surface area contributed by atoms with Crippen molar-refractivity contribution in [2.75, 3.05) is 13.9 Å². The number of hydrogen-bond acceptors (Lipinski definition) is 3. The van der Waals surface area contributed by atoms with Crippen molar-refractivity contribution in [1.82, 2.24) is 0 Å². The third-order valence-corrected chi connectivity index (χ3v) is 2.23. The van der Waals surface area contributed by atoms with Crippen LogP contribution in [-0.4, -0.2) is 25.0 Å². The molecule has 0 saturated carbocycles. The lowest BCUT2D eigenvalue weighted by molar-refractivity contribution is 0.0483. The Labute approximate surface area is 94.8 Å². The molecule has 0 heterocycles. The van der Waals surface area contributed by atoms with Crippen molar-refractivity contribution in [1.29, 1.82) is 0 Å². The molecule has 1 N–H and O–H groups in total. The van der Waals surface area contributed by atoms with Crippen LogP contribution >= 0.6 is 0 Å². The molecule has 0 aliphatic heterocycles. The van der Waals surface area contributed by atoms with E-state index in [1.807, 2.05) is 19.9 Å². The second-order valence-electron chi connectivity index (χ2n) is 3.77. The zero-order chi connectivity index (χ0) is 12.1. The fourth-order valence-corrected chi connectivity index (χ4v) is 1.32. The summed E-state index contributed by atoms with van der Waals surface area (Å²) >= 11 is 0. The summed E-state index contributed by atoms with van der Waals surface area (Å²) < 4.78 is 9.92. The Kier molecular flexibility index (Phi) is 4.31. The standard InChI is InChI=1S/C12H16O4/c1-8(2)9-4-5-11(16-7-15-3)10(6-9)12(13)14/h4-6,8H,7H2,1-3H3,(H,13,14). The molecule has 0 spiro atoms. The van der Waals surface area contributed by atoms with Crippen LogP contribution in [-0.2, 0) is 4.74 Å². The van der Waals surface area contributed by atoms with Crippen LogP contribution in [0.1, 0.15) is 35.7 Å². The van der Waals surface area contributed by atoms with Gasteiger partial charge in [0.15, 0.2) is 6.79 Å². The number of ether oxygens (including phenoxy) is 2.